The molecule has 0 aliphatic rings. The van der Waals surface area contributed by atoms with Crippen LogP contribution in [-0.4, -0.2) is 20.9 Å². The summed E-state index contributed by atoms with van der Waals surface area (Å²) in [5.74, 6) is -0.253. The molecule has 0 aliphatic carbocycles. The second kappa shape index (κ2) is 6.07. The monoisotopic (exact) mass is 318 g/mol. The Bertz CT molecular complexity index is 754. The minimum Gasteiger partial charge on any atom is -0.346 e. The molecular weight excluding hydrogens is 308 g/mol. The highest BCUT2D eigenvalue weighted by molar-refractivity contribution is 7.09. The summed E-state index contributed by atoms with van der Waals surface area (Å²) in [6.45, 7) is 0.487. The van der Waals surface area contributed by atoms with Gasteiger partial charge >= 0.3 is 0 Å². The number of amides is 1. The maximum absolute atomic E-state index is 12.0. The van der Waals surface area contributed by atoms with Crippen LogP contribution in [0.1, 0.15) is 15.4 Å². The van der Waals surface area contributed by atoms with Crippen LogP contribution < -0.4 is 5.32 Å². The van der Waals surface area contributed by atoms with E-state index in [0.29, 0.717) is 11.6 Å². The molecule has 7 heteroatoms. The molecule has 5 nitrogen and oxygen atoms in total. The lowest BCUT2D eigenvalue weighted by atomic mass is 10.3. The summed E-state index contributed by atoms with van der Waals surface area (Å²) >= 11 is 7.52. The van der Waals surface area contributed by atoms with E-state index in [2.05, 4.69) is 15.6 Å². The quantitative estimate of drug-likeness (QED) is 0.804. The third-order valence-electron chi connectivity index (χ3n) is 2.80. The van der Waals surface area contributed by atoms with E-state index >= 15 is 0 Å². The second-order valence-corrected chi connectivity index (χ2v) is 5.76. The SMILES string of the molecule is O=C(NCc1cccs1)c1cn(-c2cccc(Cl)c2)nn1. The maximum atomic E-state index is 12.0. The van der Waals surface area contributed by atoms with Gasteiger partial charge in [0.05, 0.1) is 18.4 Å². The Morgan fingerprint density at radius 2 is 2.24 bits per heavy atom. The van der Waals surface area contributed by atoms with E-state index in [0.717, 1.165) is 10.6 Å². The highest BCUT2D eigenvalue weighted by Crippen LogP contribution is 2.14. The number of nitrogens with zero attached hydrogens (tertiary/aromatic N) is 3. The summed E-state index contributed by atoms with van der Waals surface area (Å²) in [5, 5.41) is 13.2. The Balaban J connectivity index is 1.71. The summed E-state index contributed by atoms with van der Waals surface area (Å²) in [4.78, 5) is 13.1. The fraction of sp³-hybridized carbons (Fsp3) is 0.0714. The van der Waals surface area contributed by atoms with E-state index in [1.165, 1.54) is 4.68 Å². The molecule has 106 valence electrons. The van der Waals surface area contributed by atoms with Gasteiger partial charge in [-0.15, -0.1) is 16.4 Å². The molecule has 0 spiro atoms. The summed E-state index contributed by atoms with van der Waals surface area (Å²) in [7, 11) is 0. The first-order valence-electron chi connectivity index (χ1n) is 6.21. The third kappa shape index (κ3) is 3.29. The molecule has 2 aromatic heterocycles. The first kappa shape index (κ1) is 13.8. The Morgan fingerprint density at radius 1 is 1.33 bits per heavy atom. The molecule has 1 amide bonds. The number of carbonyl (C=O) groups excluding carboxylic acids is 1. The first-order chi connectivity index (χ1) is 10.2. The van der Waals surface area contributed by atoms with Gasteiger partial charge in [-0.2, -0.15) is 0 Å². The van der Waals surface area contributed by atoms with Gasteiger partial charge in [0.15, 0.2) is 5.69 Å². The van der Waals surface area contributed by atoms with Crippen LogP contribution in [-0.2, 0) is 6.54 Å². The van der Waals surface area contributed by atoms with E-state index < -0.39 is 0 Å². The normalized spacial score (nSPS) is 10.5. The van der Waals surface area contributed by atoms with Crippen LogP contribution >= 0.6 is 22.9 Å². The van der Waals surface area contributed by atoms with Gasteiger partial charge in [0, 0.05) is 9.90 Å². The number of benzene rings is 1. The van der Waals surface area contributed by atoms with Crippen molar-refractivity contribution < 1.29 is 4.79 Å². The van der Waals surface area contributed by atoms with Crippen molar-refractivity contribution >= 4 is 28.8 Å². The Morgan fingerprint density at radius 3 is 3.00 bits per heavy atom. The molecule has 0 radical (unpaired) electrons. The zero-order valence-corrected chi connectivity index (χ0v) is 12.4. The number of halogens is 1. The second-order valence-electron chi connectivity index (χ2n) is 4.29. The van der Waals surface area contributed by atoms with Crippen LogP contribution in [0, 0.1) is 0 Å². The zero-order chi connectivity index (χ0) is 14.7. The predicted octanol–water partition coefficient (Wildman–Crippen LogP) is 2.91. The fourth-order valence-corrected chi connectivity index (χ4v) is 2.61. The van der Waals surface area contributed by atoms with Crippen molar-refractivity contribution in [3.63, 3.8) is 0 Å². The lowest BCUT2D eigenvalue weighted by molar-refractivity contribution is 0.0946. The molecule has 1 N–H and O–H groups in total. The zero-order valence-electron chi connectivity index (χ0n) is 10.9. The van der Waals surface area contributed by atoms with Gasteiger partial charge in [-0.25, -0.2) is 4.68 Å². The predicted molar refractivity (Wildman–Crippen MR) is 81.9 cm³/mol. The number of aromatic nitrogens is 3. The summed E-state index contributed by atoms with van der Waals surface area (Å²) < 4.78 is 1.52. The number of carbonyl (C=O) groups is 1. The Hall–Kier alpha value is -2.18. The number of rotatable bonds is 4. The molecule has 0 bridgehead atoms. The molecule has 0 saturated heterocycles. The molecule has 21 heavy (non-hydrogen) atoms. The van der Waals surface area contributed by atoms with Crippen LogP contribution in [0.4, 0.5) is 0 Å². The van der Waals surface area contributed by atoms with Gasteiger partial charge in [-0.3, -0.25) is 4.79 Å². The molecule has 1 aromatic carbocycles. The van der Waals surface area contributed by atoms with Crippen LogP contribution in [0.2, 0.25) is 5.02 Å². The lowest BCUT2D eigenvalue weighted by Crippen LogP contribution is -2.22. The van der Waals surface area contributed by atoms with Crippen LogP contribution in [0.25, 0.3) is 5.69 Å². The molecule has 3 aromatic rings. The molecule has 0 atom stereocenters. The molecule has 2 heterocycles. The number of hydrogen-bond donors (Lipinski definition) is 1. The van der Waals surface area contributed by atoms with Gasteiger partial charge < -0.3 is 5.32 Å². The van der Waals surface area contributed by atoms with E-state index in [-0.39, 0.29) is 11.6 Å². The Kier molecular flexibility index (Phi) is 3.98. The fourth-order valence-electron chi connectivity index (χ4n) is 1.78. The van der Waals surface area contributed by atoms with E-state index in [1.807, 2.05) is 29.6 Å². The maximum Gasteiger partial charge on any atom is 0.273 e. The molecule has 0 saturated carbocycles. The van der Waals surface area contributed by atoms with Crippen molar-refractivity contribution in [3.8, 4) is 5.69 Å². The van der Waals surface area contributed by atoms with Gasteiger partial charge in [0.25, 0.3) is 5.91 Å². The highest BCUT2D eigenvalue weighted by Gasteiger charge is 2.11. The summed E-state index contributed by atoms with van der Waals surface area (Å²) in [6.07, 6.45) is 1.58. The first-order valence-corrected chi connectivity index (χ1v) is 7.47. The van der Waals surface area contributed by atoms with Crippen molar-refractivity contribution in [2.24, 2.45) is 0 Å². The van der Waals surface area contributed by atoms with Gasteiger partial charge in [-0.05, 0) is 29.6 Å². The number of nitrogens with one attached hydrogen (secondary N) is 1. The summed E-state index contributed by atoms with van der Waals surface area (Å²) in [5.41, 5.74) is 1.03. The third-order valence-corrected chi connectivity index (χ3v) is 3.91. The van der Waals surface area contributed by atoms with Crippen molar-refractivity contribution in [3.05, 3.63) is 63.6 Å². The minimum absolute atomic E-state index is 0.253. The average molecular weight is 319 g/mol. The van der Waals surface area contributed by atoms with Crippen molar-refractivity contribution in [2.75, 3.05) is 0 Å². The molecule has 0 unspecified atom stereocenters. The standard InChI is InChI=1S/C14H11ClN4OS/c15-10-3-1-4-11(7-10)19-9-13(17-18-19)14(20)16-8-12-5-2-6-21-12/h1-7,9H,8H2,(H,16,20). The van der Waals surface area contributed by atoms with Crippen molar-refractivity contribution in [1.82, 2.24) is 20.3 Å². The largest absolute Gasteiger partial charge is 0.346 e. The van der Waals surface area contributed by atoms with Gasteiger partial charge in [0.2, 0.25) is 0 Å². The number of thiophene rings is 1. The van der Waals surface area contributed by atoms with E-state index in [1.54, 1.807) is 29.7 Å². The van der Waals surface area contributed by atoms with Crippen LogP contribution in [0.3, 0.4) is 0 Å². The number of hydrogen-bond acceptors (Lipinski definition) is 4. The minimum atomic E-state index is -0.253. The topological polar surface area (TPSA) is 59.8 Å². The summed E-state index contributed by atoms with van der Waals surface area (Å²) in [6, 6.07) is 11.1. The smallest absolute Gasteiger partial charge is 0.273 e. The van der Waals surface area contributed by atoms with E-state index in [9.17, 15) is 4.79 Å². The lowest BCUT2D eigenvalue weighted by Gasteiger charge is -2.00. The Labute approximate surface area is 130 Å². The van der Waals surface area contributed by atoms with Crippen LogP contribution in [0.5, 0.6) is 0 Å². The molecule has 0 fully saturated rings. The van der Waals surface area contributed by atoms with Crippen molar-refractivity contribution in [1.29, 1.82) is 0 Å². The molecule has 0 aliphatic heterocycles. The molecular formula is C14H11ClN4OS. The highest BCUT2D eigenvalue weighted by atomic mass is 35.5. The van der Waals surface area contributed by atoms with Gasteiger partial charge in [-0.1, -0.05) is 28.9 Å². The average Bonchev–Trinajstić information content (AvgIpc) is 3.16. The van der Waals surface area contributed by atoms with Crippen LogP contribution in [0.15, 0.2) is 48.0 Å². The van der Waals surface area contributed by atoms with Crippen molar-refractivity contribution in [2.45, 2.75) is 6.54 Å². The van der Waals surface area contributed by atoms with E-state index in [4.69, 9.17) is 11.6 Å². The molecule has 3 rings (SSSR count). The van der Waals surface area contributed by atoms with Gasteiger partial charge in [0.1, 0.15) is 0 Å².